The fourth-order valence-electron chi connectivity index (χ4n) is 2.64. The summed E-state index contributed by atoms with van der Waals surface area (Å²) in [6.45, 7) is 5.67. The number of phenolic OH excluding ortho intramolecular Hbond substituents is 1. The Bertz CT molecular complexity index is 1000. The van der Waals surface area contributed by atoms with Gasteiger partial charge in [-0.05, 0) is 52.5 Å². The molecule has 0 spiro atoms. The lowest BCUT2D eigenvalue weighted by atomic mass is 10.1. The van der Waals surface area contributed by atoms with Crippen LogP contribution in [0.4, 0.5) is 5.82 Å². The molecule has 2 aromatic heterocycles. The number of hydrazone groups is 1. The van der Waals surface area contributed by atoms with Gasteiger partial charge in [0, 0.05) is 0 Å². The van der Waals surface area contributed by atoms with E-state index in [9.17, 15) is 9.90 Å². The molecule has 11 nitrogen and oxygen atoms in total. The zero-order valence-corrected chi connectivity index (χ0v) is 15.6. The van der Waals surface area contributed by atoms with Gasteiger partial charge in [0.25, 0.3) is 5.91 Å². The van der Waals surface area contributed by atoms with E-state index in [4.69, 9.17) is 5.73 Å². The SMILES string of the molecule is CCC(=NNC(=O)c1nnn(-c2nonc2N)c1C(C)C)c1ccc(O)cc1. The van der Waals surface area contributed by atoms with E-state index in [1.54, 1.807) is 24.3 Å². The van der Waals surface area contributed by atoms with E-state index in [-0.39, 0.29) is 29.0 Å². The van der Waals surface area contributed by atoms with Crippen molar-refractivity contribution in [1.29, 1.82) is 0 Å². The molecule has 3 rings (SSSR count). The number of benzene rings is 1. The highest BCUT2D eigenvalue weighted by Gasteiger charge is 2.25. The van der Waals surface area contributed by atoms with E-state index in [2.05, 4.69) is 35.8 Å². The highest BCUT2D eigenvalue weighted by Crippen LogP contribution is 2.22. The number of carbonyl (C=O) groups excluding carboxylic acids is 1. The van der Waals surface area contributed by atoms with Crippen LogP contribution in [0.25, 0.3) is 5.82 Å². The van der Waals surface area contributed by atoms with E-state index in [1.165, 1.54) is 4.68 Å². The quantitative estimate of drug-likeness (QED) is 0.427. The van der Waals surface area contributed by atoms with Gasteiger partial charge < -0.3 is 10.8 Å². The molecule has 0 radical (unpaired) electrons. The molecular formula is C17H20N8O3. The van der Waals surface area contributed by atoms with Gasteiger partial charge in [-0.3, -0.25) is 4.79 Å². The summed E-state index contributed by atoms with van der Waals surface area (Å²) in [5, 5.41) is 28.8. The minimum Gasteiger partial charge on any atom is -0.508 e. The van der Waals surface area contributed by atoms with Crippen LogP contribution >= 0.6 is 0 Å². The number of carbonyl (C=O) groups is 1. The van der Waals surface area contributed by atoms with Crippen LogP contribution in [-0.4, -0.2) is 42.0 Å². The summed E-state index contributed by atoms with van der Waals surface area (Å²) in [6.07, 6.45) is 0.579. The lowest BCUT2D eigenvalue weighted by Gasteiger charge is -2.09. The number of hydrogen-bond acceptors (Lipinski definition) is 9. The molecule has 0 bridgehead atoms. The summed E-state index contributed by atoms with van der Waals surface area (Å²) in [7, 11) is 0. The Morgan fingerprint density at radius 1 is 1.32 bits per heavy atom. The average molecular weight is 384 g/mol. The van der Waals surface area contributed by atoms with Crippen molar-refractivity contribution >= 4 is 17.4 Å². The molecule has 1 amide bonds. The van der Waals surface area contributed by atoms with E-state index in [1.807, 2.05) is 20.8 Å². The number of nitrogens with one attached hydrogen (secondary N) is 1. The average Bonchev–Trinajstić information content (AvgIpc) is 3.29. The fraction of sp³-hybridized carbons (Fsp3) is 0.294. The van der Waals surface area contributed by atoms with Gasteiger partial charge in [0.2, 0.25) is 11.6 Å². The van der Waals surface area contributed by atoms with E-state index >= 15 is 0 Å². The molecule has 0 saturated carbocycles. The van der Waals surface area contributed by atoms with Gasteiger partial charge in [-0.15, -0.1) is 5.10 Å². The fourth-order valence-corrected chi connectivity index (χ4v) is 2.64. The maximum absolute atomic E-state index is 12.7. The van der Waals surface area contributed by atoms with Crippen molar-refractivity contribution < 1.29 is 14.5 Å². The molecule has 4 N–H and O–H groups in total. The number of aromatic hydroxyl groups is 1. The van der Waals surface area contributed by atoms with Crippen molar-refractivity contribution in [2.24, 2.45) is 5.10 Å². The third-order valence-corrected chi connectivity index (χ3v) is 3.99. The number of phenols is 1. The molecule has 146 valence electrons. The smallest absolute Gasteiger partial charge is 0.293 e. The summed E-state index contributed by atoms with van der Waals surface area (Å²) in [5.41, 5.74) is 10.3. The van der Waals surface area contributed by atoms with Crippen LogP contribution in [0.1, 0.15) is 54.9 Å². The first-order valence-electron chi connectivity index (χ1n) is 8.62. The number of hydrogen-bond donors (Lipinski definition) is 3. The zero-order valence-electron chi connectivity index (χ0n) is 15.6. The van der Waals surface area contributed by atoms with Gasteiger partial charge >= 0.3 is 0 Å². The number of amides is 1. The second-order valence-corrected chi connectivity index (χ2v) is 6.26. The molecule has 2 heterocycles. The van der Waals surface area contributed by atoms with Crippen molar-refractivity contribution in [3.05, 3.63) is 41.2 Å². The van der Waals surface area contributed by atoms with Crippen LogP contribution in [0, 0.1) is 0 Å². The van der Waals surface area contributed by atoms with Gasteiger partial charge in [0.1, 0.15) is 5.75 Å². The summed E-state index contributed by atoms with van der Waals surface area (Å²) < 4.78 is 5.93. The minimum atomic E-state index is -0.519. The predicted molar refractivity (Wildman–Crippen MR) is 100 cm³/mol. The van der Waals surface area contributed by atoms with Crippen molar-refractivity contribution in [2.75, 3.05) is 5.73 Å². The highest BCUT2D eigenvalue weighted by atomic mass is 16.6. The highest BCUT2D eigenvalue weighted by molar-refractivity contribution is 6.02. The molecule has 28 heavy (non-hydrogen) atoms. The van der Waals surface area contributed by atoms with Gasteiger partial charge in [-0.25, -0.2) is 10.1 Å². The zero-order chi connectivity index (χ0) is 20.3. The summed E-state index contributed by atoms with van der Waals surface area (Å²) >= 11 is 0. The Balaban J connectivity index is 1.89. The Labute approximate surface area is 160 Å². The Morgan fingerprint density at radius 3 is 2.61 bits per heavy atom. The second-order valence-electron chi connectivity index (χ2n) is 6.26. The van der Waals surface area contributed by atoms with Crippen molar-refractivity contribution in [3.8, 4) is 11.6 Å². The van der Waals surface area contributed by atoms with Gasteiger partial charge in [0.05, 0.1) is 11.4 Å². The van der Waals surface area contributed by atoms with Crippen molar-refractivity contribution in [2.45, 2.75) is 33.1 Å². The van der Waals surface area contributed by atoms with Gasteiger partial charge in [-0.2, -0.15) is 9.78 Å². The third-order valence-electron chi connectivity index (χ3n) is 3.99. The standard InChI is InChI=1S/C17H20N8O3/c1-4-12(10-5-7-11(26)8-6-10)19-21-17(27)13-14(9(2)3)25(24-20-13)16-15(18)22-28-23-16/h5-9,26H,4H2,1-3H3,(H2,18,22)(H,21,27). The predicted octanol–water partition coefficient (Wildman–Crippen LogP) is 1.61. The number of nitrogen functional groups attached to an aromatic ring is 1. The lowest BCUT2D eigenvalue weighted by Crippen LogP contribution is -2.22. The first-order chi connectivity index (χ1) is 13.4. The first-order valence-corrected chi connectivity index (χ1v) is 8.62. The first kappa shape index (κ1) is 19.0. The van der Waals surface area contributed by atoms with Crippen LogP contribution in [0.5, 0.6) is 5.75 Å². The number of nitrogens with zero attached hydrogens (tertiary/aromatic N) is 6. The minimum absolute atomic E-state index is 0.0392. The molecule has 0 saturated heterocycles. The topological polar surface area (TPSA) is 157 Å². The molecule has 0 aliphatic rings. The van der Waals surface area contributed by atoms with Gasteiger partial charge in [0.15, 0.2) is 5.69 Å². The number of rotatable bonds is 6. The molecule has 11 heteroatoms. The summed E-state index contributed by atoms with van der Waals surface area (Å²) in [6, 6.07) is 6.56. The van der Waals surface area contributed by atoms with Crippen LogP contribution in [0.2, 0.25) is 0 Å². The summed E-state index contributed by atoms with van der Waals surface area (Å²) in [5.74, 6) is -0.272. The van der Waals surface area contributed by atoms with Crippen LogP contribution in [0.15, 0.2) is 34.0 Å². The molecule has 0 unspecified atom stereocenters. The monoisotopic (exact) mass is 384 g/mol. The maximum atomic E-state index is 12.7. The van der Waals surface area contributed by atoms with Crippen LogP contribution < -0.4 is 11.2 Å². The Kier molecular flexibility index (Phi) is 5.34. The van der Waals surface area contributed by atoms with Gasteiger partial charge in [-0.1, -0.05) is 26.0 Å². The van der Waals surface area contributed by atoms with Crippen LogP contribution in [-0.2, 0) is 0 Å². The maximum Gasteiger partial charge on any atom is 0.293 e. The molecule has 3 aromatic rings. The molecule has 0 atom stereocenters. The largest absolute Gasteiger partial charge is 0.508 e. The van der Waals surface area contributed by atoms with E-state index in [0.29, 0.717) is 17.8 Å². The molecule has 0 fully saturated rings. The Hall–Kier alpha value is -3.76. The number of anilines is 1. The number of aromatic nitrogens is 5. The summed E-state index contributed by atoms with van der Waals surface area (Å²) in [4.78, 5) is 12.7. The molecular weight excluding hydrogens is 364 g/mol. The van der Waals surface area contributed by atoms with Crippen molar-refractivity contribution in [1.82, 2.24) is 30.7 Å². The number of nitrogens with two attached hydrogens (primary N) is 1. The lowest BCUT2D eigenvalue weighted by molar-refractivity contribution is 0.0948. The third kappa shape index (κ3) is 3.68. The Morgan fingerprint density at radius 2 is 2.04 bits per heavy atom. The normalized spacial score (nSPS) is 11.8. The molecule has 0 aliphatic carbocycles. The van der Waals surface area contributed by atoms with Crippen molar-refractivity contribution in [3.63, 3.8) is 0 Å². The second kappa shape index (κ2) is 7.86. The molecule has 0 aliphatic heterocycles. The van der Waals surface area contributed by atoms with Crippen LogP contribution in [0.3, 0.4) is 0 Å². The van der Waals surface area contributed by atoms with E-state index in [0.717, 1.165) is 5.56 Å². The van der Waals surface area contributed by atoms with E-state index < -0.39 is 5.91 Å². The molecule has 1 aromatic carbocycles.